The van der Waals surface area contributed by atoms with Gasteiger partial charge in [0, 0.05) is 11.8 Å². The molecular formula is C16H17NO2. The number of hydrogen-bond acceptors (Lipinski definition) is 3. The Balaban J connectivity index is 2.18. The van der Waals surface area contributed by atoms with Crippen LogP contribution in [-0.4, -0.2) is 11.0 Å². The number of hydroxylamine groups is 1. The first-order valence-corrected chi connectivity index (χ1v) is 6.27. The van der Waals surface area contributed by atoms with Crippen LogP contribution in [0.15, 0.2) is 60.3 Å². The van der Waals surface area contributed by atoms with E-state index in [-0.39, 0.29) is 5.78 Å². The number of ketones is 1. The first-order chi connectivity index (χ1) is 9.08. The second-order valence-corrected chi connectivity index (χ2v) is 4.76. The van der Waals surface area contributed by atoms with Crippen molar-refractivity contribution >= 4 is 11.5 Å². The lowest BCUT2D eigenvalue weighted by molar-refractivity contribution is -0.111. The van der Waals surface area contributed by atoms with Crippen molar-refractivity contribution in [2.75, 3.05) is 5.06 Å². The highest BCUT2D eigenvalue weighted by Gasteiger charge is 2.08. The van der Waals surface area contributed by atoms with Gasteiger partial charge in [-0.15, -0.1) is 0 Å². The van der Waals surface area contributed by atoms with E-state index in [1.807, 2.05) is 24.3 Å². The Labute approximate surface area is 113 Å². The second-order valence-electron chi connectivity index (χ2n) is 4.76. The van der Waals surface area contributed by atoms with Crippen LogP contribution in [0.2, 0.25) is 0 Å². The Morgan fingerprint density at radius 1 is 1.11 bits per heavy atom. The van der Waals surface area contributed by atoms with E-state index in [2.05, 4.69) is 13.8 Å². The first kappa shape index (κ1) is 13.3. The summed E-state index contributed by atoms with van der Waals surface area (Å²) in [6.45, 7) is 4.23. The summed E-state index contributed by atoms with van der Waals surface area (Å²) >= 11 is 0. The first-order valence-electron chi connectivity index (χ1n) is 6.27. The van der Waals surface area contributed by atoms with Gasteiger partial charge < -0.3 is 0 Å². The Bertz CT molecular complexity index is 551. The molecule has 2 rings (SSSR count). The number of hydrogen-bond donors (Lipinski definition) is 1. The molecule has 0 atom stereocenters. The molecule has 1 aromatic rings. The number of carbonyl (C=O) groups excluding carboxylic acids is 1. The zero-order chi connectivity index (χ0) is 13.8. The van der Waals surface area contributed by atoms with Gasteiger partial charge in [-0.2, -0.15) is 0 Å². The Kier molecular flexibility index (Phi) is 3.97. The minimum Gasteiger partial charge on any atom is -0.289 e. The molecule has 0 aliphatic heterocycles. The molecule has 19 heavy (non-hydrogen) atoms. The molecule has 98 valence electrons. The van der Waals surface area contributed by atoms with Gasteiger partial charge in [0.05, 0.1) is 5.69 Å². The van der Waals surface area contributed by atoms with E-state index >= 15 is 0 Å². The number of carbonyl (C=O) groups is 1. The van der Waals surface area contributed by atoms with Crippen molar-refractivity contribution in [1.82, 2.24) is 0 Å². The van der Waals surface area contributed by atoms with Gasteiger partial charge in [-0.3, -0.25) is 10.0 Å². The summed E-state index contributed by atoms with van der Waals surface area (Å²) in [7, 11) is 0. The molecule has 1 aliphatic rings. The molecule has 0 bridgehead atoms. The quantitative estimate of drug-likeness (QED) is 0.663. The lowest BCUT2D eigenvalue weighted by Crippen LogP contribution is -2.13. The average Bonchev–Trinajstić information content (AvgIpc) is 2.41. The van der Waals surface area contributed by atoms with Gasteiger partial charge in [-0.25, -0.2) is 5.06 Å². The molecule has 0 unspecified atom stereocenters. The van der Waals surface area contributed by atoms with Gasteiger partial charge >= 0.3 is 0 Å². The fourth-order valence-corrected chi connectivity index (χ4v) is 1.81. The fraction of sp³-hybridized carbons (Fsp3) is 0.188. The fourth-order valence-electron chi connectivity index (χ4n) is 1.81. The highest BCUT2D eigenvalue weighted by Crippen LogP contribution is 2.20. The predicted molar refractivity (Wildman–Crippen MR) is 76.2 cm³/mol. The summed E-state index contributed by atoms with van der Waals surface area (Å²) in [6, 6.07) is 7.61. The number of anilines is 1. The Morgan fingerprint density at radius 3 is 2.32 bits per heavy atom. The summed E-state index contributed by atoms with van der Waals surface area (Å²) in [5.41, 5.74) is 2.30. The highest BCUT2D eigenvalue weighted by molar-refractivity contribution is 6.07. The molecule has 0 aromatic heterocycles. The molecular weight excluding hydrogens is 238 g/mol. The zero-order valence-corrected chi connectivity index (χ0v) is 11.1. The van der Waals surface area contributed by atoms with Crippen LogP contribution >= 0.6 is 0 Å². The minimum absolute atomic E-state index is 0.111. The van der Waals surface area contributed by atoms with Crippen LogP contribution in [0.1, 0.15) is 25.3 Å². The van der Waals surface area contributed by atoms with Crippen molar-refractivity contribution in [3.8, 4) is 0 Å². The minimum atomic E-state index is -0.111. The third kappa shape index (κ3) is 3.20. The van der Waals surface area contributed by atoms with Gasteiger partial charge in [0.15, 0.2) is 5.78 Å². The molecule has 1 N–H and O–H groups in total. The van der Waals surface area contributed by atoms with Crippen molar-refractivity contribution in [1.29, 1.82) is 0 Å². The SMILES string of the molecule is CC(C)c1ccc(N(O)/C=C2/C=CC=CC2=O)cc1. The van der Waals surface area contributed by atoms with Crippen LogP contribution in [0.4, 0.5) is 5.69 Å². The van der Waals surface area contributed by atoms with Gasteiger partial charge in [0.1, 0.15) is 0 Å². The molecule has 0 radical (unpaired) electrons. The van der Waals surface area contributed by atoms with Crippen LogP contribution in [0.3, 0.4) is 0 Å². The summed E-state index contributed by atoms with van der Waals surface area (Å²) in [5.74, 6) is 0.341. The van der Waals surface area contributed by atoms with E-state index in [0.717, 1.165) is 5.06 Å². The lowest BCUT2D eigenvalue weighted by atomic mass is 10.0. The van der Waals surface area contributed by atoms with E-state index in [9.17, 15) is 10.0 Å². The molecule has 3 heteroatoms. The summed E-state index contributed by atoms with van der Waals surface area (Å²) < 4.78 is 0. The molecule has 1 aliphatic carbocycles. The van der Waals surface area contributed by atoms with Gasteiger partial charge in [0.25, 0.3) is 0 Å². The summed E-state index contributed by atoms with van der Waals surface area (Å²) in [5, 5.41) is 10.9. The zero-order valence-electron chi connectivity index (χ0n) is 11.1. The smallest absolute Gasteiger partial charge is 0.187 e. The van der Waals surface area contributed by atoms with Gasteiger partial charge in [0.2, 0.25) is 0 Å². The van der Waals surface area contributed by atoms with Crippen molar-refractivity contribution in [3.63, 3.8) is 0 Å². The van der Waals surface area contributed by atoms with Crippen LogP contribution in [0.5, 0.6) is 0 Å². The monoisotopic (exact) mass is 255 g/mol. The van der Waals surface area contributed by atoms with E-state index in [4.69, 9.17) is 0 Å². The predicted octanol–water partition coefficient (Wildman–Crippen LogP) is 3.58. The maximum Gasteiger partial charge on any atom is 0.187 e. The standard InChI is InChI=1S/C16H17NO2/c1-12(2)13-7-9-15(10-8-13)17(19)11-14-5-3-4-6-16(14)18/h3-12,19H,1-2H3/b14-11-. The maximum atomic E-state index is 11.6. The molecule has 0 saturated carbocycles. The largest absolute Gasteiger partial charge is 0.289 e. The number of rotatable bonds is 3. The molecule has 0 heterocycles. The number of benzene rings is 1. The van der Waals surface area contributed by atoms with Crippen LogP contribution in [0.25, 0.3) is 0 Å². The van der Waals surface area contributed by atoms with Crippen LogP contribution < -0.4 is 5.06 Å². The molecule has 0 spiro atoms. The normalized spacial score (nSPS) is 16.4. The Hall–Kier alpha value is -2.13. The lowest BCUT2D eigenvalue weighted by Gasteiger charge is -2.15. The molecule has 1 aromatic carbocycles. The Morgan fingerprint density at radius 2 is 1.74 bits per heavy atom. The van der Waals surface area contributed by atoms with E-state index < -0.39 is 0 Å². The second kappa shape index (κ2) is 5.67. The van der Waals surface area contributed by atoms with E-state index in [1.54, 1.807) is 18.2 Å². The van der Waals surface area contributed by atoms with Gasteiger partial charge in [-0.05, 0) is 35.8 Å². The molecule has 0 amide bonds. The summed E-state index contributed by atoms with van der Waals surface area (Å²) in [4.78, 5) is 11.6. The molecule has 0 fully saturated rings. The third-order valence-electron chi connectivity index (χ3n) is 3.00. The van der Waals surface area contributed by atoms with E-state index in [0.29, 0.717) is 17.2 Å². The topological polar surface area (TPSA) is 40.5 Å². The molecule has 3 nitrogen and oxygen atoms in total. The third-order valence-corrected chi connectivity index (χ3v) is 3.00. The van der Waals surface area contributed by atoms with Crippen LogP contribution in [0, 0.1) is 0 Å². The number of allylic oxidation sites excluding steroid dienone is 5. The highest BCUT2D eigenvalue weighted by atomic mass is 16.5. The van der Waals surface area contributed by atoms with Crippen LogP contribution in [-0.2, 0) is 4.79 Å². The molecule has 0 saturated heterocycles. The van der Waals surface area contributed by atoms with Crippen molar-refractivity contribution in [3.05, 3.63) is 65.9 Å². The average molecular weight is 255 g/mol. The maximum absolute atomic E-state index is 11.6. The number of nitrogens with zero attached hydrogens (tertiary/aromatic N) is 1. The van der Waals surface area contributed by atoms with E-state index in [1.165, 1.54) is 17.8 Å². The van der Waals surface area contributed by atoms with Crippen molar-refractivity contribution in [2.24, 2.45) is 0 Å². The van der Waals surface area contributed by atoms with Crippen molar-refractivity contribution in [2.45, 2.75) is 19.8 Å². The van der Waals surface area contributed by atoms with Gasteiger partial charge in [-0.1, -0.05) is 38.1 Å². The summed E-state index contributed by atoms with van der Waals surface area (Å²) in [6.07, 6.45) is 8.02. The van der Waals surface area contributed by atoms with Crippen molar-refractivity contribution < 1.29 is 10.0 Å².